The third-order valence-electron chi connectivity index (χ3n) is 1.36. The van der Waals surface area contributed by atoms with Gasteiger partial charge in [-0.25, -0.2) is 0 Å². The van der Waals surface area contributed by atoms with E-state index in [9.17, 15) is 4.79 Å². The minimum atomic E-state index is -1.52. The first-order valence-electron chi connectivity index (χ1n) is 3.36. The van der Waals surface area contributed by atoms with Crippen LogP contribution >= 0.6 is 12.6 Å². The van der Waals surface area contributed by atoms with Crippen LogP contribution in [-0.2, 0) is 4.79 Å². The first-order chi connectivity index (χ1) is 5.49. The van der Waals surface area contributed by atoms with Crippen molar-refractivity contribution < 1.29 is 25.2 Å². The minimum absolute atomic E-state index is 0.360. The standard InChI is InChI=1S/C6H12O5S/c7-2-4(9)6(11)3(8)1-5(10)12/h3-4,6-9,11H,1-2H2,(H,10,12)/t3-,4+,6+/m0/s1. The highest BCUT2D eigenvalue weighted by Gasteiger charge is 2.24. The molecule has 0 bridgehead atoms. The Morgan fingerprint density at radius 2 is 1.75 bits per heavy atom. The molecule has 4 N–H and O–H groups in total. The average molecular weight is 196 g/mol. The molecule has 0 saturated carbocycles. The van der Waals surface area contributed by atoms with E-state index in [0.717, 1.165) is 0 Å². The van der Waals surface area contributed by atoms with Crippen LogP contribution in [0.3, 0.4) is 0 Å². The van der Waals surface area contributed by atoms with Gasteiger partial charge in [0, 0.05) is 6.42 Å². The minimum Gasteiger partial charge on any atom is -0.394 e. The second-order valence-corrected chi connectivity index (χ2v) is 2.90. The van der Waals surface area contributed by atoms with Crippen molar-refractivity contribution in [3.05, 3.63) is 0 Å². The van der Waals surface area contributed by atoms with Crippen LogP contribution in [0.1, 0.15) is 6.42 Å². The Kier molecular flexibility index (Phi) is 5.43. The zero-order valence-corrected chi connectivity index (χ0v) is 7.19. The summed E-state index contributed by atoms with van der Waals surface area (Å²) in [6, 6.07) is 0. The molecule has 0 unspecified atom stereocenters. The fourth-order valence-corrected chi connectivity index (χ4v) is 0.851. The molecule has 0 aromatic heterocycles. The van der Waals surface area contributed by atoms with Crippen molar-refractivity contribution in [3.8, 4) is 0 Å². The third-order valence-corrected chi connectivity index (χ3v) is 1.54. The van der Waals surface area contributed by atoms with Gasteiger partial charge in [-0.1, -0.05) is 0 Å². The number of carbonyl (C=O) groups is 1. The molecule has 0 heterocycles. The topological polar surface area (TPSA) is 98.0 Å². The van der Waals surface area contributed by atoms with E-state index in [2.05, 4.69) is 12.6 Å². The molecule has 6 heteroatoms. The highest BCUT2D eigenvalue weighted by Crippen LogP contribution is 2.05. The molecule has 0 aromatic carbocycles. The van der Waals surface area contributed by atoms with Gasteiger partial charge in [0.1, 0.15) is 12.2 Å². The number of hydrogen-bond acceptors (Lipinski definition) is 5. The van der Waals surface area contributed by atoms with E-state index in [0.29, 0.717) is 0 Å². The van der Waals surface area contributed by atoms with Gasteiger partial charge >= 0.3 is 0 Å². The molecule has 3 atom stereocenters. The summed E-state index contributed by atoms with van der Waals surface area (Å²) in [6.45, 7) is -0.668. The lowest BCUT2D eigenvalue weighted by molar-refractivity contribution is -0.118. The normalized spacial score (nSPS) is 18.4. The van der Waals surface area contributed by atoms with E-state index in [1.165, 1.54) is 0 Å². The molecule has 72 valence electrons. The largest absolute Gasteiger partial charge is 0.394 e. The summed E-state index contributed by atoms with van der Waals surface area (Å²) in [4.78, 5) is 10.3. The van der Waals surface area contributed by atoms with Crippen LogP contribution in [0.25, 0.3) is 0 Å². The zero-order valence-electron chi connectivity index (χ0n) is 6.29. The molecule has 0 aliphatic heterocycles. The van der Waals surface area contributed by atoms with Gasteiger partial charge in [-0.2, -0.15) is 0 Å². The maximum atomic E-state index is 10.3. The molecule has 0 aliphatic rings. The maximum absolute atomic E-state index is 10.3. The Morgan fingerprint density at radius 1 is 1.25 bits per heavy atom. The highest BCUT2D eigenvalue weighted by atomic mass is 32.1. The summed E-state index contributed by atoms with van der Waals surface area (Å²) in [5, 5.41) is 34.6. The number of aliphatic hydroxyl groups excluding tert-OH is 4. The Hall–Kier alpha value is -0.140. The Bertz CT molecular complexity index is 151. The summed E-state index contributed by atoms with van der Waals surface area (Å²) in [5.41, 5.74) is 0. The molecule has 0 aromatic rings. The van der Waals surface area contributed by atoms with Crippen molar-refractivity contribution in [1.29, 1.82) is 0 Å². The summed E-state index contributed by atoms with van der Waals surface area (Å²) < 4.78 is 0. The zero-order chi connectivity index (χ0) is 9.72. The first-order valence-corrected chi connectivity index (χ1v) is 3.80. The molecule has 0 rings (SSSR count). The highest BCUT2D eigenvalue weighted by molar-refractivity contribution is 7.96. The molecule has 0 saturated heterocycles. The van der Waals surface area contributed by atoms with Crippen LogP contribution in [0, 0.1) is 0 Å². The molecule has 0 amide bonds. The molecule has 0 radical (unpaired) electrons. The van der Waals surface area contributed by atoms with Crippen molar-refractivity contribution in [2.45, 2.75) is 24.7 Å². The van der Waals surface area contributed by atoms with Gasteiger partial charge in [-0.15, -0.1) is 12.6 Å². The van der Waals surface area contributed by atoms with E-state index >= 15 is 0 Å². The monoisotopic (exact) mass is 196 g/mol. The first kappa shape index (κ1) is 11.9. The van der Waals surface area contributed by atoms with Gasteiger partial charge in [0.25, 0.3) is 0 Å². The molecule has 0 aliphatic carbocycles. The lowest BCUT2D eigenvalue weighted by atomic mass is 10.1. The number of rotatable bonds is 5. The lowest BCUT2D eigenvalue weighted by Crippen LogP contribution is -2.40. The van der Waals surface area contributed by atoms with Crippen LogP contribution in [-0.4, -0.2) is 50.5 Å². The Balaban J connectivity index is 3.91. The average Bonchev–Trinajstić information content (AvgIpc) is 2.00. The maximum Gasteiger partial charge on any atom is 0.188 e. The van der Waals surface area contributed by atoms with E-state index in [-0.39, 0.29) is 6.42 Å². The predicted molar refractivity (Wildman–Crippen MR) is 43.7 cm³/mol. The Labute approximate surface area is 75.1 Å². The van der Waals surface area contributed by atoms with Crippen molar-refractivity contribution in [3.63, 3.8) is 0 Å². The SMILES string of the molecule is O=C(S)C[C@H](O)[C@@H](O)[C@H](O)CO. The van der Waals surface area contributed by atoms with Gasteiger partial charge in [0.05, 0.1) is 12.7 Å². The van der Waals surface area contributed by atoms with Crippen LogP contribution in [0.5, 0.6) is 0 Å². The number of hydrogen-bond donors (Lipinski definition) is 5. The quantitative estimate of drug-likeness (QED) is 0.325. The second kappa shape index (κ2) is 5.50. The third kappa shape index (κ3) is 4.03. The fraction of sp³-hybridized carbons (Fsp3) is 0.833. The number of aliphatic hydroxyl groups is 4. The van der Waals surface area contributed by atoms with Crippen molar-refractivity contribution in [2.24, 2.45) is 0 Å². The molecular formula is C6H12O5S. The van der Waals surface area contributed by atoms with Crippen LogP contribution in [0.15, 0.2) is 0 Å². The molecule has 0 spiro atoms. The van der Waals surface area contributed by atoms with Crippen LogP contribution < -0.4 is 0 Å². The van der Waals surface area contributed by atoms with Crippen LogP contribution in [0.4, 0.5) is 0 Å². The molecule has 12 heavy (non-hydrogen) atoms. The van der Waals surface area contributed by atoms with E-state index < -0.39 is 30.0 Å². The number of carbonyl (C=O) groups excluding carboxylic acids is 1. The van der Waals surface area contributed by atoms with Gasteiger partial charge in [0.15, 0.2) is 5.12 Å². The van der Waals surface area contributed by atoms with E-state index in [1.807, 2.05) is 0 Å². The summed E-state index contributed by atoms with van der Waals surface area (Å²) in [6.07, 6.45) is -4.71. The lowest BCUT2D eigenvalue weighted by Gasteiger charge is -2.19. The molecule has 5 nitrogen and oxygen atoms in total. The van der Waals surface area contributed by atoms with E-state index in [4.69, 9.17) is 20.4 Å². The molecule has 0 fully saturated rings. The Morgan fingerprint density at radius 3 is 2.08 bits per heavy atom. The van der Waals surface area contributed by atoms with Gasteiger partial charge < -0.3 is 20.4 Å². The van der Waals surface area contributed by atoms with Crippen LogP contribution in [0.2, 0.25) is 0 Å². The second-order valence-electron chi connectivity index (χ2n) is 2.41. The van der Waals surface area contributed by atoms with E-state index in [1.54, 1.807) is 0 Å². The van der Waals surface area contributed by atoms with Gasteiger partial charge in [-0.3, -0.25) is 4.79 Å². The summed E-state index contributed by atoms with van der Waals surface area (Å²) in [7, 11) is 0. The van der Waals surface area contributed by atoms with Crippen molar-refractivity contribution in [2.75, 3.05) is 6.61 Å². The number of thiol groups is 1. The van der Waals surface area contributed by atoms with Gasteiger partial charge in [-0.05, 0) is 0 Å². The summed E-state index contributed by atoms with van der Waals surface area (Å²) >= 11 is 3.38. The van der Waals surface area contributed by atoms with Gasteiger partial charge in [0.2, 0.25) is 0 Å². The smallest absolute Gasteiger partial charge is 0.188 e. The fourth-order valence-electron chi connectivity index (χ4n) is 0.664. The van der Waals surface area contributed by atoms with Crippen molar-refractivity contribution in [1.82, 2.24) is 0 Å². The molecular weight excluding hydrogens is 184 g/mol. The predicted octanol–water partition coefficient (Wildman–Crippen LogP) is -2.09. The van der Waals surface area contributed by atoms with Crippen molar-refractivity contribution >= 4 is 17.7 Å². The summed E-state index contributed by atoms with van der Waals surface area (Å²) in [5.74, 6) is 0.